The molecule has 0 heterocycles. The van der Waals surface area contributed by atoms with Crippen LogP contribution in [0.2, 0.25) is 0 Å². The van der Waals surface area contributed by atoms with Gasteiger partial charge in [0.15, 0.2) is 0 Å². The van der Waals surface area contributed by atoms with Crippen molar-refractivity contribution in [3.8, 4) is 5.75 Å². The monoisotopic (exact) mass is 364 g/mol. The Balaban J connectivity index is 0.00000312. The van der Waals surface area contributed by atoms with Crippen molar-refractivity contribution in [2.75, 3.05) is 6.54 Å². The number of aliphatic hydroxyl groups excluding tert-OH is 1. The number of phenols is 1. The van der Waals surface area contributed by atoms with Crippen LogP contribution in [0.1, 0.15) is 40.9 Å². The van der Waals surface area contributed by atoms with Gasteiger partial charge in [-0.3, -0.25) is 4.79 Å². The molecule has 2 aromatic rings. The topological polar surface area (TPSA) is 95.6 Å². The maximum Gasteiger partial charge on any atom is 0.252 e. The van der Waals surface area contributed by atoms with Gasteiger partial charge in [0, 0.05) is 18.2 Å². The van der Waals surface area contributed by atoms with Gasteiger partial charge in [0.05, 0.1) is 11.7 Å². The number of primary amides is 1. The summed E-state index contributed by atoms with van der Waals surface area (Å²) in [4.78, 5) is 11.2. The van der Waals surface area contributed by atoms with Crippen LogP contribution < -0.4 is 11.1 Å². The van der Waals surface area contributed by atoms with Crippen molar-refractivity contribution in [2.24, 2.45) is 5.73 Å². The predicted molar refractivity (Wildman–Crippen MR) is 101 cm³/mol. The third kappa shape index (κ3) is 6.05. The minimum absolute atomic E-state index is 0. The summed E-state index contributed by atoms with van der Waals surface area (Å²) in [5, 5.41) is 23.6. The first kappa shape index (κ1) is 21.0. The molecule has 2 aromatic carbocycles. The van der Waals surface area contributed by atoms with E-state index in [2.05, 4.69) is 24.4 Å². The van der Waals surface area contributed by atoms with Crippen molar-refractivity contribution >= 4 is 18.3 Å². The van der Waals surface area contributed by atoms with E-state index in [4.69, 9.17) is 5.73 Å². The van der Waals surface area contributed by atoms with Gasteiger partial charge in [0.2, 0.25) is 0 Å². The summed E-state index contributed by atoms with van der Waals surface area (Å²) in [5.41, 5.74) is 6.80. The highest BCUT2D eigenvalue weighted by atomic mass is 35.5. The molecule has 5 nitrogen and oxygen atoms in total. The van der Waals surface area contributed by atoms with Gasteiger partial charge in [-0.1, -0.05) is 42.5 Å². The number of hydrogen-bond acceptors (Lipinski definition) is 4. The first-order valence-electron chi connectivity index (χ1n) is 8.06. The molecular weight excluding hydrogens is 340 g/mol. The number of carbonyl (C=O) groups is 1. The second kappa shape index (κ2) is 10.0. The molecule has 2 unspecified atom stereocenters. The Morgan fingerprint density at radius 1 is 1.16 bits per heavy atom. The quantitative estimate of drug-likeness (QED) is 0.579. The van der Waals surface area contributed by atoms with Crippen LogP contribution in [0.15, 0.2) is 48.5 Å². The van der Waals surface area contributed by atoms with Crippen molar-refractivity contribution in [1.29, 1.82) is 0 Å². The Kier molecular flexibility index (Phi) is 8.41. The predicted octanol–water partition coefficient (Wildman–Crippen LogP) is 2.56. The summed E-state index contributed by atoms with van der Waals surface area (Å²) >= 11 is 0. The van der Waals surface area contributed by atoms with Gasteiger partial charge < -0.3 is 21.3 Å². The Labute approximate surface area is 154 Å². The number of aromatic hydroxyl groups is 1. The molecule has 0 aromatic heterocycles. The zero-order chi connectivity index (χ0) is 17.5. The maximum atomic E-state index is 11.2. The van der Waals surface area contributed by atoms with Crippen molar-refractivity contribution < 1.29 is 15.0 Å². The van der Waals surface area contributed by atoms with E-state index in [0.29, 0.717) is 5.56 Å². The van der Waals surface area contributed by atoms with Gasteiger partial charge in [-0.15, -0.1) is 12.4 Å². The van der Waals surface area contributed by atoms with E-state index < -0.39 is 12.0 Å². The lowest BCUT2D eigenvalue weighted by Crippen LogP contribution is -2.31. The van der Waals surface area contributed by atoms with Crippen LogP contribution in [0.4, 0.5) is 0 Å². The first-order valence-corrected chi connectivity index (χ1v) is 8.06. The van der Waals surface area contributed by atoms with Crippen molar-refractivity contribution in [3.63, 3.8) is 0 Å². The van der Waals surface area contributed by atoms with Crippen LogP contribution >= 0.6 is 12.4 Å². The van der Waals surface area contributed by atoms with E-state index >= 15 is 0 Å². The molecule has 0 bridgehead atoms. The van der Waals surface area contributed by atoms with Crippen LogP contribution in [0.25, 0.3) is 0 Å². The molecule has 2 atom stereocenters. The third-order valence-corrected chi connectivity index (χ3v) is 4.06. The Morgan fingerprint density at radius 3 is 2.48 bits per heavy atom. The summed E-state index contributed by atoms with van der Waals surface area (Å²) < 4.78 is 0. The molecule has 0 aliphatic rings. The molecule has 0 saturated heterocycles. The van der Waals surface area contributed by atoms with E-state index in [9.17, 15) is 15.0 Å². The Morgan fingerprint density at radius 2 is 1.84 bits per heavy atom. The molecule has 0 aliphatic carbocycles. The average molecular weight is 365 g/mol. The van der Waals surface area contributed by atoms with E-state index in [-0.39, 0.29) is 36.3 Å². The Hall–Kier alpha value is -2.08. The standard InChI is InChI=1S/C19H24N2O3.ClH/c1-13(10-11-14-6-3-2-4-7-14)21-12-17(22)15-8-5-9-16(18(15)23)19(20)24;/h2-9,13,17,21-23H,10-12H2,1H3,(H2,20,24);1H. The second-order valence-corrected chi connectivity index (χ2v) is 5.96. The molecule has 5 N–H and O–H groups in total. The fourth-order valence-corrected chi connectivity index (χ4v) is 2.58. The van der Waals surface area contributed by atoms with Crippen molar-refractivity contribution in [3.05, 3.63) is 65.2 Å². The number of para-hydroxylation sites is 1. The molecule has 0 radical (unpaired) electrons. The first-order chi connectivity index (χ1) is 11.5. The summed E-state index contributed by atoms with van der Waals surface area (Å²) in [7, 11) is 0. The largest absolute Gasteiger partial charge is 0.507 e. The lowest BCUT2D eigenvalue weighted by molar-refractivity contribution is 0.0997. The van der Waals surface area contributed by atoms with Crippen molar-refractivity contribution in [1.82, 2.24) is 5.32 Å². The van der Waals surface area contributed by atoms with Gasteiger partial charge in [-0.2, -0.15) is 0 Å². The van der Waals surface area contributed by atoms with E-state index in [1.807, 2.05) is 18.2 Å². The number of aliphatic hydroxyl groups is 1. The highest BCUT2D eigenvalue weighted by molar-refractivity contribution is 5.95. The normalized spacial score (nSPS) is 12.9. The van der Waals surface area contributed by atoms with Gasteiger partial charge in [0.1, 0.15) is 5.75 Å². The highest BCUT2D eigenvalue weighted by Crippen LogP contribution is 2.27. The number of nitrogens with one attached hydrogen (secondary N) is 1. The van der Waals surface area contributed by atoms with E-state index in [1.165, 1.54) is 11.6 Å². The van der Waals surface area contributed by atoms with E-state index in [1.54, 1.807) is 12.1 Å². The minimum atomic E-state index is -0.913. The number of halogens is 1. The second-order valence-electron chi connectivity index (χ2n) is 5.96. The van der Waals surface area contributed by atoms with Crippen LogP contribution in [0.5, 0.6) is 5.75 Å². The van der Waals surface area contributed by atoms with Gasteiger partial charge in [0.25, 0.3) is 5.91 Å². The number of rotatable bonds is 8. The number of aryl methyl sites for hydroxylation is 1. The van der Waals surface area contributed by atoms with Gasteiger partial charge in [-0.05, 0) is 31.4 Å². The maximum absolute atomic E-state index is 11.2. The average Bonchev–Trinajstić information content (AvgIpc) is 2.58. The zero-order valence-corrected chi connectivity index (χ0v) is 15.0. The number of nitrogens with two attached hydrogens (primary N) is 1. The van der Waals surface area contributed by atoms with E-state index in [0.717, 1.165) is 12.8 Å². The molecule has 0 spiro atoms. The lowest BCUT2D eigenvalue weighted by atomic mass is 10.0. The van der Waals surface area contributed by atoms with Crippen LogP contribution in [-0.2, 0) is 6.42 Å². The van der Waals surface area contributed by atoms with Crippen LogP contribution in [0, 0.1) is 0 Å². The smallest absolute Gasteiger partial charge is 0.252 e. The molecule has 0 aliphatic heterocycles. The number of amides is 1. The molecular formula is C19H25ClN2O3. The summed E-state index contributed by atoms with van der Waals surface area (Å²) in [5.74, 6) is -0.970. The minimum Gasteiger partial charge on any atom is -0.507 e. The molecule has 25 heavy (non-hydrogen) atoms. The molecule has 0 fully saturated rings. The van der Waals surface area contributed by atoms with Crippen LogP contribution in [0.3, 0.4) is 0 Å². The molecule has 1 amide bonds. The lowest BCUT2D eigenvalue weighted by Gasteiger charge is -2.18. The zero-order valence-electron chi connectivity index (χ0n) is 14.2. The summed E-state index contributed by atoms with van der Waals surface area (Å²) in [6, 6.07) is 15.0. The molecule has 6 heteroatoms. The number of hydrogen-bond donors (Lipinski definition) is 4. The summed E-state index contributed by atoms with van der Waals surface area (Å²) in [6.07, 6.45) is 0.973. The third-order valence-electron chi connectivity index (χ3n) is 4.06. The summed E-state index contributed by atoms with van der Waals surface area (Å²) in [6.45, 7) is 2.33. The van der Waals surface area contributed by atoms with Gasteiger partial charge in [-0.25, -0.2) is 0 Å². The fourth-order valence-electron chi connectivity index (χ4n) is 2.58. The molecule has 136 valence electrons. The number of carbonyl (C=O) groups excluding carboxylic acids is 1. The Bertz CT molecular complexity index is 680. The molecule has 2 rings (SSSR count). The molecule has 0 saturated carbocycles. The van der Waals surface area contributed by atoms with Gasteiger partial charge >= 0.3 is 0 Å². The van der Waals surface area contributed by atoms with Crippen LogP contribution in [-0.4, -0.2) is 28.7 Å². The fraction of sp³-hybridized carbons (Fsp3) is 0.316. The SMILES string of the molecule is CC(CCc1ccccc1)NCC(O)c1cccc(C(N)=O)c1O.Cl. The highest BCUT2D eigenvalue weighted by Gasteiger charge is 2.17. The van der Waals surface area contributed by atoms with Crippen molar-refractivity contribution in [2.45, 2.75) is 31.9 Å². The number of benzene rings is 2.